The fraction of sp³-hybridized carbons (Fsp3) is 0.259. The number of thiophene rings is 1. The van der Waals surface area contributed by atoms with Crippen molar-refractivity contribution in [1.82, 2.24) is 5.32 Å². The Bertz CT molecular complexity index is 1240. The monoisotopic (exact) mass is 474 g/mol. The van der Waals surface area contributed by atoms with Crippen LogP contribution < -0.4 is 20.1 Å². The van der Waals surface area contributed by atoms with E-state index in [4.69, 9.17) is 9.47 Å². The molecule has 1 aromatic heterocycles. The quantitative estimate of drug-likeness (QED) is 0.296. The first-order chi connectivity index (χ1) is 16.5. The van der Waals surface area contributed by atoms with Crippen LogP contribution in [0.2, 0.25) is 0 Å². The predicted molar refractivity (Wildman–Crippen MR) is 133 cm³/mol. The van der Waals surface area contributed by atoms with Crippen LogP contribution in [0.1, 0.15) is 51.4 Å². The van der Waals surface area contributed by atoms with Gasteiger partial charge >= 0.3 is 5.97 Å². The van der Waals surface area contributed by atoms with Gasteiger partial charge in [-0.05, 0) is 72.2 Å². The summed E-state index contributed by atoms with van der Waals surface area (Å²) in [4.78, 5) is 26.4. The molecule has 0 fully saturated rings. The van der Waals surface area contributed by atoms with E-state index in [2.05, 4.69) is 17.6 Å². The van der Waals surface area contributed by atoms with E-state index in [0.29, 0.717) is 11.7 Å². The van der Waals surface area contributed by atoms with Gasteiger partial charge in [-0.2, -0.15) is 0 Å². The molecule has 174 valence electrons. The summed E-state index contributed by atoms with van der Waals surface area (Å²) in [5, 5.41) is 7.50. The second kappa shape index (κ2) is 9.35. The molecule has 7 heteroatoms. The highest BCUT2D eigenvalue weighted by atomic mass is 32.1. The molecule has 34 heavy (non-hydrogen) atoms. The number of fused-ring (bicyclic) bond motifs is 3. The number of esters is 1. The summed E-state index contributed by atoms with van der Waals surface area (Å²) < 4.78 is 10.5. The van der Waals surface area contributed by atoms with E-state index in [1.807, 2.05) is 36.4 Å². The minimum atomic E-state index is -0.462. The van der Waals surface area contributed by atoms with Crippen molar-refractivity contribution >= 4 is 34.3 Å². The molecule has 0 saturated heterocycles. The van der Waals surface area contributed by atoms with Crippen molar-refractivity contribution in [3.8, 4) is 11.5 Å². The normalized spacial score (nSPS) is 19.1. The average Bonchev–Trinajstić information content (AvgIpc) is 3.21. The highest BCUT2D eigenvalue weighted by Gasteiger charge is 2.33. The van der Waals surface area contributed by atoms with Gasteiger partial charge in [0.25, 0.3) is 5.91 Å². The van der Waals surface area contributed by atoms with Crippen LogP contribution in [-0.4, -0.2) is 19.0 Å². The fourth-order valence-electron chi connectivity index (χ4n) is 4.39. The molecule has 1 amide bonds. The van der Waals surface area contributed by atoms with Crippen molar-refractivity contribution in [2.24, 2.45) is 5.92 Å². The lowest BCUT2D eigenvalue weighted by atomic mass is 9.88. The molecule has 6 nitrogen and oxygen atoms in total. The van der Waals surface area contributed by atoms with Gasteiger partial charge in [-0.1, -0.05) is 31.2 Å². The van der Waals surface area contributed by atoms with Crippen LogP contribution in [0.25, 0.3) is 6.08 Å². The highest BCUT2D eigenvalue weighted by Crippen LogP contribution is 2.42. The molecule has 0 saturated carbocycles. The van der Waals surface area contributed by atoms with Gasteiger partial charge in [-0.3, -0.25) is 4.79 Å². The van der Waals surface area contributed by atoms with Crippen LogP contribution in [0.4, 0.5) is 5.00 Å². The molecule has 2 aromatic carbocycles. The fourth-order valence-corrected chi connectivity index (χ4v) is 5.82. The number of carbonyl (C=O) groups excluding carboxylic acids is 2. The molecule has 1 aliphatic carbocycles. The van der Waals surface area contributed by atoms with Gasteiger partial charge in [0, 0.05) is 11.0 Å². The van der Waals surface area contributed by atoms with Crippen molar-refractivity contribution < 1.29 is 19.1 Å². The summed E-state index contributed by atoms with van der Waals surface area (Å²) in [7, 11) is 1.61. The minimum absolute atomic E-state index is 0.0232. The summed E-state index contributed by atoms with van der Waals surface area (Å²) in [6, 6.07) is 14.6. The third kappa shape index (κ3) is 4.56. The number of methoxy groups -OCH3 is 1. The Morgan fingerprint density at radius 3 is 2.53 bits per heavy atom. The summed E-state index contributed by atoms with van der Waals surface area (Å²) >= 11 is 1.70. The van der Waals surface area contributed by atoms with Crippen molar-refractivity contribution in [2.75, 3.05) is 12.4 Å². The number of nitrogens with one attached hydrogen (secondary N) is 2. The van der Waals surface area contributed by atoms with E-state index in [-0.39, 0.29) is 12.1 Å². The van der Waals surface area contributed by atoms with Crippen LogP contribution in [0, 0.1) is 5.92 Å². The Balaban J connectivity index is 1.23. The molecule has 0 bridgehead atoms. The van der Waals surface area contributed by atoms with Crippen LogP contribution in [0.5, 0.6) is 11.5 Å². The van der Waals surface area contributed by atoms with E-state index < -0.39 is 5.97 Å². The molecule has 2 unspecified atom stereocenters. The lowest BCUT2D eigenvalue weighted by molar-refractivity contribution is -0.128. The van der Waals surface area contributed by atoms with Crippen molar-refractivity contribution in [3.05, 3.63) is 81.7 Å². The van der Waals surface area contributed by atoms with Crippen LogP contribution in [0.15, 0.2) is 54.6 Å². The molecule has 2 atom stereocenters. The van der Waals surface area contributed by atoms with E-state index >= 15 is 0 Å². The zero-order valence-corrected chi connectivity index (χ0v) is 19.9. The molecule has 0 spiro atoms. The van der Waals surface area contributed by atoms with Crippen molar-refractivity contribution in [2.45, 2.75) is 32.4 Å². The largest absolute Gasteiger partial charge is 0.497 e. The molecular formula is C27H26N2O4S. The summed E-state index contributed by atoms with van der Waals surface area (Å²) in [6.07, 6.45) is 5.89. The smallest absolute Gasteiger partial charge is 0.336 e. The topological polar surface area (TPSA) is 76.7 Å². The summed E-state index contributed by atoms with van der Waals surface area (Å²) in [6.45, 7) is 2.27. The van der Waals surface area contributed by atoms with Crippen molar-refractivity contribution in [1.29, 1.82) is 0 Å². The molecular weight excluding hydrogens is 448 g/mol. The van der Waals surface area contributed by atoms with Gasteiger partial charge in [0.15, 0.2) is 0 Å². The predicted octanol–water partition coefficient (Wildman–Crippen LogP) is 5.35. The maximum Gasteiger partial charge on any atom is 0.336 e. The Morgan fingerprint density at radius 2 is 1.79 bits per heavy atom. The maximum absolute atomic E-state index is 12.9. The Kier molecular flexibility index (Phi) is 6.11. The first-order valence-electron chi connectivity index (χ1n) is 11.4. The Morgan fingerprint density at radius 1 is 1.06 bits per heavy atom. The summed E-state index contributed by atoms with van der Waals surface area (Å²) in [5.41, 5.74) is 3.80. The maximum atomic E-state index is 12.9. The van der Waals surface area contributed by atoms with Gasteiger partial charge in [-0.25, -0.2) is 4.79 Å². The number of amides is 1. The molecule has 5 rings (SSSR count). The first kappa shape index (κ1) is 22.2. The van der Waals surface area contributed by atoms with Gasteiger partial charge in [0.05, 0.1) is 12.7 Å². The molecule has 2 N–H and O–H groups in total. The Labute approximate surface area is 202 Å². The van der Waals surface area contributed by atoms with E-state index in [0.717, 1.165) is 46.7 Å². The average molecular weight is 475 g/mol. The van der Waals surface area contributed by atoms with Crippen LogP contribution in [0.3, 0.4) is 0 Å². The number of carbonyl (C=O) groups is 2. The Hall–Kier alpha value is -3.58. The minimum Gasteiger partial charge on any atom is -0.497 e. The second-order valence-corrected chi connectivity index (χ2v) is 9.81. The standard InChI is InChI=1S/C27H26N2O4S/c1-16-3-13-21-22(15-16)34-27-24(21)26(31)28-25(29-27)18-7-11-20(12-8-18)33-23(30)14-6-17-4-9-19(32-2)10-5-17/h4-12,14,16,25,29H,3,13,15H2,1-2H3,(H,28,31)/b14-6+. The van der Waals surface area contributed by atoms with Gasteiger partial charge in [0.1, 0.15) is 22.7 Å². The number of ether oxygens (including phenoxy) is 2. The van der Waals surface area contributed by atoms with Crippen molar-refractivity contribution in [3.63, 3.8) is 0 Å². The van der Waals surface area contributed by atoms with E-state index in [1.54, 1.807) is 36.7 Å². The zero-order valence-electron chi connectivity index (χ0n) is 19.1. The second-order valence-electron chi connectivity index (χ2n) is 8.70. The summed E-state index contributed by atoms with van der Waals surface area (Å²) in [5.74, 6) is 1.37. The number of hydrogen-bond acceptors (Lipinski definition) is 6. The lowest BCUT2D eigenvalue weighted by Crippen LogP contribution is -2.38. The van der Waals surface area contributed by atoms with E-state index in [9.17, 15) is 9.59 Å². The molecule has 2 heterocycles. The number of hydrogen-bond donors (Lipinski definition) is 2. The van der Waals surface area contributed by atoms with Gasteiger partial charge in [-0.15, -0.1) is 11.3 Å². The van der Waals surface area contributed by atoms with Gasteiger partial charge in [0.2, 0.25) is 0 Å². The third-order valence-corrected chi connectivity index (χ3v) is 7.43. The van der Waals surface area contributed by atoms with Crippen LogP contribution in [-0.2, 0) is 17.6 Å². The zero-order chi connectivity index (χ0) is 23.7. The number of anilines is 1. The van der Waals surface area contributed by atoms with E-state index in [1.165, 1.54) is 16.5 Å². The van der Waals surface area contributed by atoms with Gasteiger partial charge < -0.3 is 20.1 Å². The number of benzene rings is 2. The first-order valence-corrected chi connectivity index (χ1v) is 12.2. The molecule has 3 aromatic rings. The third-order valence-electron chi connectivity index (χ3n) is 6.25. The lowest BCUT2D eigenvalue weighted by Gasteiger charge is -2.27. The molecule has 0 radical (unpaired) electrons. The van der Waals surface area contributed by atoms with Crippen LogP contribution >= 0.6 is 11.3 Å². The molecule has 1 aliphatic heterocycles. The SMILES string of the molecule is COc1ccc(/C=C/C(=O)Oc2ccc(C3NC(=O)c4c(sc5c4CCC(C)C5)N3)cc2)cc1. The number of rotatable bonds is 5. The highest BCUT2D eigenvalue weighted by molar-refractivity contribution is 7.16. The molecule has 2 aliphatic rings.